The lowest BCUT2D eigenvalue weighted by Gasteiger charge is -2.04. The third kappa shape index (κ3) is 27.9. The second kappa shape index (κ2) is 28.9. The first kappa shape index (κ1) is 29.9. The summed E-state index contributed by atoms with van der Waals surface area (Å²) in [5.74, 6) is 0. The van der Waals surface area contributed by atoms with E-state index in [1.54, 1.807) is 0 Å². The molecule has 2 heteroatoms. The van der Waals surface area contributed by atoms with E-state index >= 15 is 0 Å². The fourth-order valence-corrected chi connectivity index (χ4v) is 4.47. The summed E-state index contributed by atoms with van der Waals surface area (Å²) >= 11 is 0. The molecule has 0 fully saturated rings. The summed E-state index contributed by atoms with van der Waals surface area (Å²) in [5, 5.41) is 17.5. The van der Waals surface area contributed by atoms with Crippen LogP contribution in [0, 0.1) is 0 Å². The zero-order chi connectivity index (χ0) is 21.8. The third-order valence-electron chi connectivity index (χ3n) is 6.57. The molecule has 0 aromatic carbocycles. The monoisotopic (exact) mass is 426 g/mol. The van der Waals surface area contributed by atoms with Crippen LogP contribution in [0.1, 0.15) is 167 Å². The van der Waals surface area contributed by atoms with E-state index in [1.807, 2.05) is 0 Å². The zero-order valence-electron chi connectivity index (χ0n) is 20.7. The van der Waals surface area contributed by atoms with Crippen LogP contribution >= 0.6 is 0 Å². The van der Waals surface area contributed by atoms with Crippen molar-refractivity contribution in [2.75, 3.05) is 13.2 Å². The highest BCUT2D eigenvalue weighted by Gasteiger charge is 1.96. The van der Waals surface area contributed by atoms with Crippen LogP contribution in [0.25, 0.3) is 0 Å². The van der Waals surface area contributed by atoms with E-state index in [4.69, 9.17) is 10.2 Å². The zero-order valence-corrected chi connectivity index (χ0v) is 20.7. The highest BCUT2D eigenvalue weighted by molar-refractivity contribution is 4.52. The molecule has 0 rings (SSSR count). The maximum absolute atomic E-state index is 8.75. The van der Waals surface area contributed by atoms with Crippen LogP contribution in [-0.4, -0.2) is 23.4 Å². The number of unbranched alkanes of at least 4 members (excludes halogenated alkanes) is 25. The molecule has 0 radical (unpaired) electrons. The summed E-state index contributed by atoms with van der Waals surface area (Å²) in [7, 11) is 0. The Balaban J connectivity index is 2.97. The van der Waals surface area contributed by atoms with E-state index in [0.29, 0.717) is 13.2 Å². The predicted molar refractivity (Wildman–Crippen MR) is 134 cm³/mol. The van der Waals surface area contributed by atoms with Gasteiger partial charge in [0.05, 0.1) is 0 Å². The van der Waals surface area contributed by atoms with Gasteiger partial charge in [0.15, 0.2) is 0 Å². The molecule has 30 heavy (non-hydrogen) atoms. The molecule has 0 spiro atoms. The number of aliphatic hydroxyl groups excluding tert-OH is 2. The Morgan fingerprint density at radius 3 is 0.367 bits per heavy atom. The topological polar surface area (TPSA) is 40.5 Å². The Labute approximate surface area is 190 Å². The minimum absolute atomic E-state index is 0.370. The van der Waals surface area contributed by atoms with Gasteiger partial charge in [0.25, 0.3) is 0 Å². The Hall–Kier alpha value is -0.0800. The first-order valence-corrected chi connectivity index (χ1v) is 14.1. The fraction of sp³-hybridized carbons (Fsp3) is 1.00. The molecule has 0 amide bonds. The van der Waals surface area contributed by atoms with E-state index in [1.165, 1.54) is 154 Å². The van der Waals surface area contributed by atoms with Crippen molar-refractivity contribution in [1.82, 2.24) is 0 Å². The van der Waals surface area contributed by atoms with Gasteiger partial charge in [-0.25, -0.2) is 0 Å². The normalized spacial score (nSPS) is 11.4. The van der Waals surface area contributed by atoms with Crippen LogP contribution in [0.4, 0.5) is 0 Å². The Morgan fingerprint density at radius 1 is 0.167 bits per heavy atom. The van der Waals surface area contributed by atoms with Crippen LogP contribution in [0.3, 0.4) is 0 Å². The van der Waals surface area contributed by atoms with Gasteiger partial charge < -0.3 is 10.2 Å². The largest absolute Gasteiger partial charge is 0.396 e. The molecular formula is C28H58O2. The first-order valence-electron chi connectivity index (χ1n) is 14.1. The van der Waals surface area contributed by atoms with Gasteiger partial charge in [-0.1, -0.05) is 154 Å². The summed E-state index contributed by atoms with van der Waals surface area (Å²) in [6.45, 7) is 0.739. The van der Waals surface area contributed by atoms with Crippen molar-refractivity contribution in [3.63, 3.8) is 0 Å². The number of aliphatic hydroxyl groups is 2. The van der Waals surface area contributed by atoms with Crippen molar-refractivity contribution in [2.24, 2.45) is 0 Å². The lowest BCUT2D eigenvalue weighted by molar-refractivity contribution is 0.282. The Bertz CT molecular complexity index is 252. The molecule has 0 bridgehead atoms. The lowest BCUT2D eigenvalue weighted by Crippen LogP contribution is -1.85. The van der Waals surface area contributed by atoms with Gasteiger partial charge >= 0.3 is 0 Å². The standard InChI is InChI=1S/C28H58O2/c29-27-25-23-21-19-17-15-13-11-9-7-5-3-1-2-4-6-8-10-12-14-16-18-20-22-24-26-28-30/h29-30H,1-28H2. The average Bonchev–Trinajstić information content (AvgIpc) is 2.76. The van der Waals surface area contributed by atoms with Crippen molar-refractivity contribution in [3.05, 3.63) is 0 Å². The average molecular weight is 427 g/mol. The van der Waals surface area contributed by atoms with E-state index in [0.717, 1.165) is 12.8 Å². The van der Waals surface area contributed by atoms with Crippen molar-refractivity contribution in [3.8, 4) is 0 Å². The Morgan fingerprint density at radius 2 is 0.267 bits per heavy atom. The van der Waals surface area contributed by atoms with E-state index < -0.39 is 0 Å². The lowest BCUT2D eigenvalue weighted by atomic mass is 10.0. The SMILES string of the molecule is OCCCCCCCCCCCCCCCCCCCCCCCCCCCCO. The molecule has 0 heterocycles. The Kier molecular flexibility index (Phi) is 28.8. The quantitative estimate of drug-likeness (QED) is 0.129. The molecule has 0 aromatic heterocycles. The molecule has 0 saturated carbocycles. The number of rotatable bonds is 27. The minimum Gasteiger partial charge on any atom is -0.396 e. The van der Waals surface area contributed by atoms with Crippen LogP contribution in [0.5, 0.6) is 0 Å². The fourth-order valence-electron chi connectivity index (χ4n) is 4.47. The summed E-state index contributed by atoms with van der Waals surface area (Å²) < 4.78 is 0. The van der Waals surface area contributed by atoms with Crippen LogP contribution in [0.2, 0.25) is 0 Å². The van der Waals surface area contributed by atoms with Gasteiger partial charge in [-0.2, -0.15) is 0 Å². The molecule has 0 aliphatic rings. The van der Waals surface area contributed by atoms with Crippen LogP contribution in [0.15, 0.2) is 0 Å². The first-order chi connectivity index (χ1) is 14.9. The van der Waals surface area contributed by atoms with Crippen molar-refractivity contribution in [1.29, 1.82) is 0 Å². The van der Waals surface area contributed by atoms with Crippen molar-refractivity contribution < 1.29 is 10.2 Å². The molecule has 0 aliphatic carbocycles. The second-order valence-corrected chi connectivity index (χ2v) is 9.64. The smallest absolute Gasteiger partial charge is 0.0431 e. The van der Waals surface area contributed by atoms with Crippen LogP contribution < -0.4 is 0 Å². The second-order valence-electron chi connectivity index (χ2n) is 9.64. The van der Waals surface area contributed by atoms with Gasteiger partial charge in [-0.15, -0.1) is 0 Å². The third-order valence-corrected chi connectivity index (χ3v) is 6.57. The van der Waals surface area contributed by atoms with Gasteiger partial charge in [-0.05, 0) is 12.8 Å². The molecule has 0 aromatic rings. The molecule has 0 saturated heterocycles. The molecule has 2 N–H and O–H groups in total. The summed E-state index contributed by atoms with van der Waals surface area (Å²) in [4.78, 5) is 0. The molecule has 0 atom stereocenters. The van der Waals surface area contributed by atoms with E-state index in [2.05, 4.69) is 0 Å². The van der Waals surface area contributed by atoms with Gasteiger partial charge in [0.1, 0.15) is 0 Å². The minimum atomic E-state index is 0.370. The molecule has 2 nitrogen and oxygen atoms in total. The van der Waals surface area contributed by atoms with Crippen LogP contribution in [-0.2, 0) is 0 Å². The maximum Gasteiger partial charge on any atom is 0.0431 e. The van der Waals surface area contributed by atoms with Crippen molar-refractivity contribution in [2.45, 2.75) is 167 Å². The predicted octanol–water partition coefficient (Wildman–Crippen LogP) is 9.11. The van der Waals surface area contributed by atoms with Gasteiger partial charge in [-0.3, -0.25) is 0 Å². The molecule has 0 aliphatic heterocycles. The summed E-state index contributed by atoms with van der Waals surface area (Å²) in [6, 6.07) is 0. The van der Waals surface area contributed by atoms with Gasteiger partial charge in [0.2, 0.25) is 0 Å². The van der Waals surface area contributed by atoms with Gasteiger partial charge in [0, 0.05) is 13.2 Å². The number of hydrogen-bond donors (Lipinski definition) is 2. The highest BCUT2D eigenvalue weighted by atomic mass is 16.3. The van der Waals surface area contributed by atoms with E-state index in [9.17, 15) is 0 Å². The maximum atomic E-state index is 8.75. The molecule has 0 unspecified atom stereocenters. The molecule has 182 valence electrons. The highest BCUT2D eigenvalue weighted by Crippen LogP contribution is 2.15. The molecular weight excluding hydrogens is 368 g/mol. The summed E-state index contributed by atoms with van der Waals surface area (Å²) in [5.41, 5.74) is 0. The summed E-state index contributed by atoms with van der Waals surface area (Å²) in [6.07, 6.45) is 35.8. The number of hydrogen-bond acceptors (Lipinski definition) is 2. The van der Waals surface area contributed by atoms with E-state index in [-0.39, 0.29) is 0 Å². The van der Waals surface area contributed by atoms with Crippen molar-refractivity contribution >= 4 is 0 Å².